The Morgan fingerprint density at radius 3 is 2.81 bits per heavy atom. The maximum absolute atomic E-state index is 12.3. The smallest absolute Gasteiger partial charge is 0.287 e. The third-order valence-corrected chi connectivity index (χ3v) is 4.75. The second kappa shape index (κ2) is 6.79. The number of piperidine rings is 1. The molecule has 0 spiro atoms. The van der Waals surface area contributed by atoms with E-state index in [0.29, 0.717) is 12.5 Å². The summed E-state index contributed by atoms with van der Waals surface area (Å²) in [4.78, 5) is 14.5. The minimum absolute atomic E-state index is 0.000170. The summed E-state index contributed by atoms with van der Waals surface area (Å²) in [6.45, 7) is 7.50. The van der Waals surface area contributed by atoms with Gasteiger partial charge in [-0.2, -0.15) is 5.10 Å². The van der Waals surface area contributed by atoms with Crippen molar-refractivity contribution in [3.05, 3.63) is 21.6 Å². The van der Waals surface area contributed by atoms with Crippen LogP contribution in [0.1, 0.15) is 46.1 Å². The molecular weight excluding hydrogens is 288 g/mol. The van der Waals surface area contributed by atoms with Gasteiger partial charge in [-0.25, -0.2) is 4.68 Å². The maximum atomic E-state index is 12.3. The number of halogens is 1. The molecule has 1 aliphatic rings. The summed E-state index contributed by atoms with van der Waals surface area (Å²) in [6, 6.07) is 0.234. The van der Waals surface area contributed by atoms with E-state index in [0.717, 1.165) is 25.1 Å². The Morgan fingerprint density at radius 1 is 1.52 bits per heavy atom. The minimum Gasteiger partial charge on any atom is -0.365 e. The topological polar surface area (TPSA) is 64.2 Å². The highest BCUT2D eigenvalue weighted by molar-refractivity contribution is 6.33. The summed E-state index contributed by atoms with van der Waals surface area (Å²) in [7, 11) is 0. The second-order valence-corrected chi connectivity index (χ2v) is 6.45. The van der Waals surface area contributed by atoms with E-state index in [1.165, 1.54) is 11.1 Å². The molecule has 5 nitrogen and oxygen atoms in total. The lowest BCUT2D eigenvalue weighted by Gasteiger charge is -2.40. The molecule has 21 heavy (non-hydrogen) atoms. The molecule has 1 saturated heterocycles. The fraction of sp³-hybridized carbons (Fsp3) is 0.733. The second-order valence-electron chi connectivity index (χ2n) is 6.07. The van der Waals surface area contributed by atoms with Crippen molar-refractivity contribution in [3.63, 3.8) is 0 Å². The number of nitrogens with zero attached hydrogens (tertiary/aromatic N) is 3. The first-order valence-electron chi connectivity index (χ1n) is 7.73. The van der Waals surface area contributed by atoms with Gasteiger partial charge in [-0.3, -0.25) is 4.79 Å². The number of rotatable bonds is 4. The van der Waals surface area contributed by atoms with Crippen LogP contribution in [0.5, 0.6) is 0 Å². The van der Waals surface area contributed by atoms with E-state index < -0.39 is 0 Å². The molecule has 0 bridgehead atoms. The lowest BCUT2D eigenvalue weighted by atomic mass is 9.88. The van der Waals surface area contributed by atoms with Crippen LogP contribution in [-0.2, 0) is 0 Å². The number of hydrogen-bond donors (Lipinski definition) is 1. The molecular formula is C15H25ClN4O. The minimum atomic E-state index is -0.224. The molecule has 2 heterocycles. The summed E-state index contributed by atoms with van der Waals surface area (Å²) >= 11 is 6.31. The zero-order valence-electron chi connectivity index (χ0n) is 13.1. The third-order valence-electron chi connectivity index (χ3n) is 4.40. The van der Waals surface area contributed by atoms with Gasteiger partial charge >= 0.3 is 0 Å². The Hall–Kier alpha value is -1.07. The van der Waals surface area contributed by atoms with Crippen LogP contribution >= 0.6 is 11.6 Å². The molecule has 0 saturated carbocycles. The molecule has 2 unspecified atom stereocenters. The standard InChI is InChI=1S/C15H25ClN4O/c1-4-11-5-6-19(12(7-11)8-17)13-9-18-20(10(2)3)15(21)14(13)16/h9-12H,4-8,17H2,1-3H3. The van der Waals surface area contributed by atoms with Crippen molar-refractivity contribution >= 4 is 17.3 Å². The monoisotopic (exact) mass is 312 g/mol. The first-order valence-corrected chi connectivity index (χ1v) is 8.11. The van der Waals surface area contributed by atoms with Crippen LogP contribution in [0.4, 0.5) is 5.69 Å². The quantitative estimate of drug-likeness (QED) is 0.927. The molecule has 0 aromatic carbocycles. The lowest BCUT2D eigenvalue weighted by molar-refractivity contribution is 0.335. The molecule has 1 aliphatic heterocycles. The normalized spacial score (nSPS) is 22.9. The predicted octanol–water partition coefficient (Wildman–Crippen LogP) is 2.43. The van der Waals surface area contributed by atoms with Gasteiger partial charge in [0.2, 0.25) is 0 Å². The van der Waals surface area contributed by atoms with E-state index in [9.17, 15) is 4.79 Å². The van der Waals surface area contributed by atoms with E-state index >= 15 is 0 Å². The molecule has 0 amide bonds. The Bertz CT molecular complexity index is 543. The van der Waals surface area contributed by atoms with E-state index in [-0.39, 0.29) is 22.7 Å². The Balaban J connectivity index is 2.33. The summed E-state index contributed by atoms with van der Waals surface area (Å²) in [5.74, 6) is 0.706. The molecule has 1 aromatic rings. The maximum Gasteiger partial charge on any atom is 0.287 e. The summed E-state index contributed by atoms with van der Waals surface area (Å²) in [6.07, 6.45) is 5.04. The fourth-order valence-electron chi connectivity index (χ4n) is 3.05. The fourth-order valence-corrected chi connectivity index (χ4v) is 3.29. The van der Waals surface area contributed by atoms with E-state index in [1.807, 2.05) is 13.8 Å². The first kappa shape index (κ1) is 16.3. The number of aromatic nitrogens is 2. The summed E-state index contributed by atoms with van der Waals surface area (Å²) in [5, 5.41) is 4.52. The van der Waals surface area contributed by atoms with Gasteiger partial charge in [-0.15, -0.1) is 0 Å². The number of anilines is 1. The van der Waals surface area contributed by atoms with Crippen molar-refractivity contribution in [2.45, 2.75) is 52.1 Å². The highest BCUT2D eigenvalue weighted by atomic mass is 35.5. The molecule has 1 aromatic heterocycles. The molecule has 1 fully saturated rings. The zero-order chi connectivity index (χ0) is 15.6. The predicted molar refractivity (Wildman–Crippen MR) is 87.1 cm³/mol. The van der Waals surface area contributed by atoms with Gasteiger partial charge in [0.05, 0.1) is 17.9 Å². The molecule has 6 heteroatoms. The molecule has 2 N–H and O–H groups in total. The van der Waals surface area contributed by atoms with Crippen LogP contribution in [0.25, 0.3) is 0 Å². The summed E-state index contributed by atoms with van der Waals surface area (Å²) in [5.41, 5.74) is 6.43. The van der Waals surface area contributed by atoms with Crippen LogP contribution in [0.15, 0.2) is 11.0 Å². The Kier molecular flexibility index (Phi) is 5.27. The number of nitrogens with two attached hydrogens (primary N) is 1. The van der Waals surface area contributed by atoms with Crippen LogP contribution in [-0.4, -0.2) is 28.9 Å². The number of hydrogen-bond acceptors (Lipinski definition) is 4. The van der Waals surface area contributed by atoms with Crippen molar-refractivity contribution in [2.24, 2.45) is 11.7 Å². The molecule has 118 valence electrons. The van der Waals surface area contributed by atoms with Gasteiger partial charge in [0.15, 0.2) is 0 Å². The van der Waals surface area contributed by atoms with Crippen LogP contribution < -0.4 is 16.2 Å². The zero-order valence-corrected chi connectivity index (χ0v) is 13.8. The lowest BCUT2D eigenvalue weighted by Crippen LogP contribution is -2.47. The van der Waals surface area contributed by atoms with E-state index in [4.69, 9.17) is 17.3 Å². The van der Waals surface area contributed by atoms with Gasteiger partial charge in [-0.05, 0) is 32.6 Å². The largest absolute Gasteiger partial charge is 0.365 e. The van der Waals surface area contributed by atoms with Crippen molar-refractivity contribution in [3.8, 4) is 0 Å². The average Bonchev–Trinajstić information content (AvgIpc) is 2.49. The van der Waals surface area contributed by atoms with E-state index in [2.05, 4.69) is 16.9 Å². The molecule has 0 aliphatic carbocycles. The van der Waals surface area contributed by atoms with Gasteiger partial charge < -0.3 is 10.6 Å². The molecule has 2 rings (SSSR count). The van der Waals surface area contributed by atoms with Crippen molar-refractivity contribution in [2.75, 3.05) is 18.0 Å². The van der Waals surface area contributed by atoms with Crippen LogP contribution in [0.2, 0.25) is 5.02 Å². The first-order chi connectivity index (χ1) is 9.99. The SMILES string of the molecule is CCC1CCN(c2cnn(C(C)C)c(=O)c2Cl)C(CN)C1. The average molecular weight is 313 g/mol. The molecule has 0 radical (unpaired) electrons. The van der Waals surface area contributed by atoms with Crippen molar-refractivity contribution in [1.29, 1.82) is 0 Å². The van der Waals surface area contributed by atoms with E-state index in [1.54, 1.807) is 6.20 Å². The van der Waals surface area contributed by atoms with Crippen molar-refractivity contribution in [1.82, 2.24) is 9.78 Å². The van der Waals surface area contributed by atoms with Gasteiger partial charge in [0.25, 0.3) is 5.56 Å². The molecule has 2 atom stereocenters. The summed E-state index contributed by atoms with van der Waals surface area (Å²) < 4.78 is 1.42. The van der Waals surface area contributed by atoms with Gasteiger partial charge in [0.1, 0.15) is 5.02 Å². The van der Waals surface area contributed by atoms with Gasteiger partial charge in [-0.1, -0.05) is 24.9 Å². The highest BCUT2D eigenvalue weighted by Crippen LogP contribution is 2.31. The third kappa shape index (κ3) is 3.24. The van der Waals surface area contributed by atoms with Crippen LogP contribution in [0, 0.1) is 5.92 Å². The Morgan fingerprint density at radius 2 is 2.24 bits per heavy atom. The van der Waals surface area contributed by atoms with Crippen molar-refractivity contribution < 1.29 is 0 Å². The Labute approximate surface area is 131 Å². The highest BCUT2D eigenvalue weighted by Gasteiger charge is 2.29. The van der Waals surface area contributed by atoms with Crippen LogP contribution in [0.3, 0.4) is 0 Å². The van der Waals surface area contributed by atoms with Gasteiger partial charge in [0, 0.05) is 19.1 Å².